The molecule has 0 saturated heterocycles. The summed E-state index contributed by atoms with van der Waals surface area (Å²) in [6.45, 7) is 0.451. The summed E-state index contributed by atoms with van der Waals surface area (Å²) in [5.74, 6) is 0.405. The standard InChI is InChI=1S/C13H10FO.BrH.Zn/c14-12-6-8-13(9-7-12)15-10-11-4-2-1-3-5-11;;/h1-4,6-9H,10H2;1H;/q-1;;+2/p-1. The van der Waals surface area contributed by atoms with E-state index in [0.717, 1.165) is 5.56 Å². The van der Waals surface area contributed by atoms with Gasteiger partial charge in [-0.15, -0.1) is 5.56 Å². The molecule has 0 amide bonds. The van der Waals surface area contributed by atoms with E-state index in [9.17, 15) is 4.39 Å². The molecule has 4 heteroatoms. The summed E-state index contributed by atoms with van der Waals surface area (Å²) in [7, 11) is 0. The van der Waals surface area contributed by atoms with E-state index >= 15 is 0 Å². The third-order valence-corrected chi connectivity index (χ3v) is 1.98. The van der Waals surface area contributed by atoms with Crippen LogP contribution in [0, 0.1) is 11.9 Å². The molecule has 0 unspecified atom stereocenters. The van der Waals surface area contributed by atoms with E-state index in [1.165, 1.54) is 28.5 Å². The minimum atomic E-state index is -0.256. The van der Waals surface area contributed by atoms with Gasteiger partial charge in [0.05, 0.1) is 6.61 Å². The van der Waals surface area contributed by atoms with Gasteiger partial charge in [-0.3, -0.25) is 0 Å². The Balaban J connectivity index is 0.000000686. The Labute approximate surface area is 117 Å². The van der Waals surface area contributed by atoms with Crippen LogP contribution in [0.15, 0.2) is 48.5 Å². The summed E-state index contributed by atoms with van der Waals surface area (Å²) >= 11 is 4.25. The number of halogens is 2. The Morgan fingerprint density at radius 2 is 1.82 bits per heavy atom. The number of ether oxygens (including phenoxy) is 1. The Bertz CT molecular complexity index is 419. The fourth-order valence-corrected chi connectivity index (χ4v) is 1.21. The van der Waals surface area contributed by atoms with Crippen molar-refractivity contribution in [3.8, 4) is 5.75 Å². The zero-order valence-corrected chi connectivity index (χ0v) is 13.8. The molecular formula is C13H10BrFOZn. The van der Waals surface area contributed by atoms with Crippen molar-refractivity contribution in [3.05, 3.63) is 66.0 Å². The fourth-order valence-electron chi connectivity index (χ4n) is 1.21. The van der Waals surface area contributed by atoms with E-state index < -0.39 is 0 Å². The predicted octanol–water partition coefficient (Wildman–Crippen LogP) is 4.05. The molecule has 0 N–H and O–H groups in total. The fraction of sp³-hybridized carbons (Fsp3) is 0.0769. The van der Waals surface area contributed by atoms with Crippen molar-refractivity contribution < 1.29 is 25.5 Å². The van der Waals surface area contributed by atoms with Gasteiger partial charge in [0.15, 0.2) is 0 Å². The first-order valence-electron chi connectivity index (χ1n) is 4.95. The molecule has 17 heavy (non-hydrogen) atoms. The summed E-state index contributed by atoms with van der Waals surface area (Å²) in [5, 5.41) is 0. The second-order valence-electron chi connectivity index (χ2n) is 3.13. The van der Waals surface area contributed by atoms with E-state index in [0.29, 0.717) is 12.4 Å². The zero-order valence-electron chi connectivity index (χ0n) is 9.20. The molecule has 0 aliphatic carbocycles. The van der Waals surface area contributed by atoms with Gasteiger partial charge in [-0.25, -0.2) is 4.39 Å². The van der Waals surface area contributed by atoms with Crippen LogP contribution in [-0.4, -0.2) is 0 Å². The van der Waals surface area contributed by atoms with Crippen molar-refractivity contribution in [3.63, 3.8) is 0 Å². The van der Waals surface area contributed by atoms with Crippen LogP contribution in [0.3, 0.4) is 0 Å². The van der Waals surface area contributed by atoms with Crippen molar-refractivity contribution in [2.75, 3.05) is 0 Å². The first-order chi connectivity index (χ1) is 8.34. The van der Waals surface area contributed by atoms with Crippen LogP contribution in [0.1, 0.15) is 5.56 Å². The Morgan fingerprint density at radius 1 is 1.12 bits per heavy atom. The topological polar surface area (TPSA) is 9.23 Å². The molecule has 0 fully saturated rings. The molecule has 0 heterocycles. The first kappa shape index (κ1) is 14.3. The maximum atomic E-state index is 12.6. The van der Waals surface area contributed by atoms with Crippen molar-refractivity contribution in [1.29, 1.82) is 0 Å². The molecule has 2 aromatic carbocycles. The number of rotatable bonds is 3. The van der Waals surface area contributed by atoms with Crippen molar-refractivity contribution in [2.45, 2.75) is 6.61 Å². The predicted molar refractivity (Wildman–Crippen MR) is 64.9 cm³/mol. The number of benzene rings is 2. The summed E-state index contributed by atoms with van der Waals surface area (Å²) in [4.78, 5) is 0. The van der Waals surface area contributed by atoms with E-state index in [2.05, 4.69) is 19.7 Å². The molecule has 0 aromatic heterocycles. The van der Waals surface area contributed by atoms with Gasteiger partial charge in [0.2, 0.25) is 0 Å². The Hall–Kier alpha value is -0.727. The van der Waals surface area contributed by atoms with Crippen molar-refractivity contribution >= 4 is 13.6 Å². The molecule has 1 nitrogen and oxygen atoms in total. The molecule has 0 aliphatic heterocycles. The molecule has 2 aromatic rings. The molecular weight excluding hydrogens is 336 g/mol. The molecule has 0 saturated carbocycles. The molecule has 0 radical (unpaired) electrons. The SMILES string of the molecule is Fc1ccc(OCc2[c-]cccc2)cc1.[Zn+][Br]. The summed E-state index contributed by atoms with van der Waals surface area (Å²) in [5.41, 5.74) is 0.974. The van der Waals surface area contributed by atoms with E-state index in [1.807, 2.05) is 24.3 Å². The van der Waals surface area contributed by atoms with Crippen LogP contribution in [0.5, 0.6) is 5.75 Å². The number of hydrogen-bond donors (Lipinski definition) is 0. The van der Waals surface area contributed by atoms with Crippen LogP contribution < -0.4 is 4.74 Å². The monoisotopic (exact) mass is 344 g/mol. The first-order valence-corrected chi connectivity index (χ1v) is 11.9. The summed E-state index contributed by atoms with van der Waals surface area (Å²) < 4.78 is 18.0. The normalized spacial score (nSPS) is 9.18. The van der Waals surface area contributed by atoms with Gasteiger partial charge in [0, 0.05) is 0 Å². The van der Waals surface area contributed by atoms with Gasteiger partial charge in [0.1, 0.15) is 11.6 Å². The van der Waals surface area contributed by atoms with Gasteiger partial charge in [-0.05, 0) is 24.3 Å². The van der Waals surface area contributed by atoms with Crippen LogP contribution in [0.4, 0.5) is 4.39 Å². The number of hydrogen-bond acceptors (Lipinski definition) is 1. The molecule has 2 rings (SSSR count). The van der Waals surface area contributed by atoms with Gasteiger partial charge < -0.3 is 4.74 Å². The molecule has 0 atom stereocenters. The average molecular weight is 347 g/mol. The quantitative estimate of drug-likeness (QED) is 0.602. The van der Waals surface area contributed by atoms with Gasteiger partial charge >= 0.3 is 30.0 Å². The molecule has 0 bridgehead atoms. The van der Waals surface area contributed by atoms with Crippen molar-refractivity contribution in [2.24, 2.45) is 0 Å². The van der Waals surface area contributed by atoms with Gasteiger partial charge in [0.25, 0.3) is 0 Å². The minimum absolute atomic E-state index is 0.256. The van der Waals surface area contributed by atoms with E-state index in [4.69, 9.17) is 4.74 Å². The second kappa shape index (κ2) is 8.38. The van der Waals surface area contributed by atoms with E-state index in [-0.39, 0.29) is 5.82 Å². The third-order valence-electron chi connectivity index (χ3n) is 1.98. The molecule has 0 aliphatic rings. The molecule has 84 valence electrons. The zero-order chi connectivity index (χ0) is 12.5. The van der Waals surface area contributed by atoms with E-state index in [1.54, 1.807) is 12.1 Å². The summed E-state index contributed by atoms with van der Waals surface area (Å²) in [6, 6.07) is 16.6. The van der Waals surface area contributed by atoms with Crippen molar-refractivity contribution in [1.82, 2.24) is 0 Å². The van der Waals surface area contributed by atoms with Gasteiger partial charge in [-0.1, -0.05) is 0 Å². The average Bonchev–Trinajstić information content (AvgIpc) is 2.42. The Morgan fingerprint density at radius 3 is 2.41 bits per heavy atom. The maximum absolute atomic E-state index is 12.6. The van der Waals surface area contributed by atoms with Crippen LogP contribution in [0.25, 0.3) is 0 Å². The summed E-state index contributed by atoms with van der Waals surface area (Å²) in [6.07, 6.45) is 0. The van der Waals surface area contributed by atoms with Crippen LogP contribution in [0.2, 0.25) is 0 Å². The Kier molecular flexibility index (Phi) is 7.06. The second-order valence-corrected chi connectivity index (χ2v) is 3.13. The van der Waals surface area contributed by atoms with Crippen LogP contribution >= 0.6 is 13.6 Å². The molecule has 0 spiro atoms. The van der Waals surface area contributed by atoms with Gasteiger partial charge in [-0.2, -0.15) is 30.3 Å². The third kappa shape index (κ3) is 5.42. The van der Waals surface area contributed by atoms with Crippen LogP contribution in [-0.2, 0) is 22.9 Å².